The van der Waals surface area contributed by atoms with E-state index >= 15 is 0 Å². The molecule has 0 atom stereocenters. The van der Waals surface area contributed by atoms with E-state index in [0.29, 0.717) is 17.2 Å². The van der Waals surface area contributed by atoms with Gasteiger partial charge in [0.1, 0.15) is 5.82 Å². The fourth-order valence-electron chi connectivity index (χ4n) is 3.55. The molecule has 0 unspecified atom stereocenters. The predicted molar refractivity (Wildman–Crippen MR) is 133 cm³/mol. The number of hydrogen-bond acceptors (Lipinski definition) is 5. The number of rotatable bonds is 7. The predicted octanol–water partition coefficient (Wildman–Crippen LogP) is 6.37. The fraction of sp³-hybridized carbons (Fsp3) is 0.0385. The Bertz CT molecular complexity index is 1500. The van der Waals surface area contributed by atoms with Crippen LogP contribution in [-0.4, -0.2) is 18.4 Å². The molecule has 0 aliphatic rings. The highest BCUT2D eigenvalue weighted by Gasteiger charge is 2.26. The van der Waals surface area contributed by atoms with Gasteiger partial charge in [-0.1, -0.05) is 48.5 Å². The Balaban J connectivity index is 1.49. The highest BCUT2D eigenvalue weighted by atomic mass is 32.2. The van der Waals surface area contributed by atoms with Crippen LogP contribution in [0.3, 0.4) is 0 Å². The summed E-state index contributed by atoms with van der Waals surface area (Å²) in [5.74, 6) is 0.550. The summed E-state index contributed by atoms with van der Waals surface area (Å²) in [4.78, 5) is 8.00. The molecule has 34 heavy (non-hydrogen) atoms. The van der Waals surface area contributed by atoms with Gasteiger partial charge in [0.2, 0.25) is 0 Å². The van der Waals surface area contributed by atoms with Crippen molar-refractivity contribution in [2.45, 2.75) is 11.4 Å². The molecule has 5 rings (SSSR count). The van der Waals surface area contributed by atoms with Crippen molar-refractivity contribution in [1.82, 2.24) is 9.97 Å². The first kappa shape index (κ1) is 21.5. The van der Waals surface area contributed by atoms with Crippen molar-refractivity contribution in [3.05, 3.63) is 115 Å². The minimum absolute atomic E-state index is 0.0524. The van der Waals surface area contributed by atoms with Gasteiger partial charge in [0.15, 0.2) is 0 Å². The van der Waals surface area contributed by atoms with E-state index in [1.54, 1.807) is 54.6 Å². The first-order valence-electron chi connectivity index (χ1n) is 10.7. The SMILES string of the molecule is O=S(=O)(c1ccccc1)N(Cc1nc2ccccc2[nH]1)c1ccc(N=Nc2ccccc2)cc1. The first-order chi connectivity index (χ1) is 16.6. The molecule has 0 spiro atoms. The third-order valence-corrected chi connectivity index (χ3v) is 7.03. The van der Waals surface area contributed by atoms with Gasteiger partial charge in [-0.05, 0) is 60.7 Å². The van der Waals surface area contributed by atoms with Crippen LogP contribution in [0.15, 0.2) is 124 Å². The van der Waals surface area contributed by atoms with Crippen molar-refractivity contribution in [2.75, 3.05) is 4.31 Å². The molecule has 0 fully saturated rings. The number of fused-ring (bicyclic) bond motifs is 1. The number of nitrogens with one attached hydrogen (secondary N) is 1. The van der Waals surface area contributed by atoms with Crippen molar-refractivity contribution in [3.63, 3.8) is 0 Å². The average molecular weight is 468 g/mol. The van der Waals surface area contributed by atoms with E-state index < -0.39 is 10.0 Å². The van der Waals surface area contributed by atoms with E-state index in [1.165, 1.54) is 4.31 Å². The number of H-pyrrole nitrogens is 1. The minimum atomic E-state index is -3.84. The Labute approximate surface area is 197 Å². The molecule has 8 heteroatoms. The van der Waals surface area contributed by atoms with Crippen LogP contribution in [0, 0.1) is 0 Å². The molecule has 7 nitrogen and oxygen atoms in total. The van der Waals surface area contributed by atoms with E-state index in [1.807, 2.05) is 54.6 Å². The van der Waals surface area contributed by atoms with Crippen LogP contribution >= 0.6 is 0 Å². The molecule has 1 N–H and O–H groups in total. The van der Waals surface area contributed by atoms with Gasteiger partial charge >= 0.3 is 0 Å². The Morgan fingerprint density at radius 1 is 0.706 bits per heavy atom. The normalized spacial score (nSPS) is 11.8. The van der Waals surface area contributed by atoms with Crippen molar-refractivity contribution in [3.8, 4) is 0 Å². The molecule has 0 amide bonds. The molecule has 0 radical (unpaired) electrons. The van der Waals surface area contributed by atoms with Crippen molar-refractivity contribution in [2.24, 2.45) is 10.2 Å². The van der Waals surface area contributed by atoms with Crippen LogP contribution < -0.4 is 4.31 Å². The standard InChI is InChI=1S/C26H21N5O2S/c32-34(33,23-11-5-2-6-12-23)31(19-26-27-24-13-7-8-14-25(24)28-26)22-17-15-21(16-18-22)30-29-20-9-3-1-4-10-20/h1-18H,19H2,(H,27,28). The molecular formula is C26H21N5O2S. The number of imidazole rings is 1. The molecule has 0 saturated heterocycles. The van der Waals surface area contributed by atoms with Gasteiger partial charge in [0.25, 0.3) is 10.0 Å². The van der Waals surface area contributed by atoms with E-state index in [2.05, 4.69) is 20.2 Å². The third-order valence-electron chi connectivity index (χ3n) is 5.24. The van der Waals surface area contributed by atoms with E-state index in [-0.39, 0.29) is 11.4 Å². The lowest BCUT2D eigenvalue weighted by molar-refractivity contribution is 0.589. The van der Waals surface area contributed by atoms with Gasteiger partial charge in [-0.25, -0.2) is 13.4 Å². The molecule has 0 aliphatic heterocycles. The fourth-order valence-corrected chi connectivity index (χ4v) is 4.99. The molecular weight excluding hydrogens is 446 g/mol. The number of sulfonamides is 1. The lowest BCUT2D eigenvalue weighted by Gasteiger charge is -2.23. The highest BCUT2D eigenvalue weighted by molar-refractivity contribution is 7.92. The van der Waals surface area contributed by atoms with Gasteiger partial charge in [-0.15, -0.1) is 0 Å². The van der Waals surface area contributed by atoms with Crippen LogP contribution in [0.5, 0.6) is 0 Å². The summed E-state index contributed by atoms with van der Waals surface area (Å²) in [7, 11) is -3.84. The molecule has 168 valence electrons. The zero-order valence-corrected chi connectivity index (χ0v) is 18.9. The van der Waals surface area contributed by atoms with Gasteiger partial charge in [0, 0.05) is 0 Å². The van der Waals surface area contributed by atoms with E-state index in [0.717, 1.165) is 16.7 Å². The maximum absolute atomic E-state index is 13.6. The summed E-state index contributed by atoms with van der Waals surface area (Å²) in [6, 6.07) is 32.3. The second kappa shape index (κ2) is 9.29. The second-order valence-corrected chi connectivity index (χ2v) is 9.44. The van der Waals surface area contributed by atoms with Gasteiger partial charge < -0.3 is 4.98 Å². The van der Waals surface area contributed by atoms with Crippen LogP contribution in [0.25, 0.3) is 11.0 Å². The molecule has 5 aromatic rings. The maximum atomic E-state index is 13.6. The topological polar surface area (TPSA) is 90.8 Å². The van der Waals surface area contributed by atoms with Crippen LogP contribution in [0.2, 0.25) is 0 Å². The average Bonchev–Trinajstić information content (AvgIpc) is 3.30. The third kappa shape index (κ3) is 4.57. The number of benzene rings is 4. The molecule has 0 saturated carbocycles. The van der Waals surface area contributed by atoms with E-state index in [4.69, 9.17) is 0 Å². The first-order valence-corrected chi connectivity index (χ1v) is 12.1. The Morgan fingerprint density at radius 3 is 1.97 bits per heavy atom. The van der Waals surface area contributed by atoms with Crippen molar-refractivity contribution >= 4 is 38.1 Å². The van der Waals surface area contributed by atoms with Crippen molar-refractivity contribution < 1.29 is 8.42 Å². The lowest BCUT2D eigenvalue weighted by atomic mass is 10.3. The van der Waals surface area contributed by atoms with Crippen LogP contribution in [0.4, 0.5) is 17.1 Å². The molecule has 1 aromatic heterocycles. The number of aromatic amines is 1. The Kier molecular flexibility index (Phi) is 5.88. The Morgan fingerprint density at radius 2 is 1.29 bits per heavy atom. The molecule has 0 bridgehead atoms. The number of azo groups is 1. The van der Waals surface area contributed by atoms with Gasteiger partial charge in [-0.3, -0.25) is 4.31 Å². The number of para-hydroxylation sites is 2. The number of hydrogen-bond donors (Lipinski definition) is 1. The van der Waals surface area contributed by atoms with Gasteiger partial charge in [0.05, 0.1) is 39.5 Å². The summed E-state index contributed by atoms with van der Waals surface area (Å²) >= 11 is 0. The summed E-state index contributed by atoms with van der Waals surface area (Å²) in [5.41, 5.74) is 3.50. The monoisotopic (exact) mass is 467 g/mol. The number of anilines is 1. The molecule has 0 aliphatic carbocycles. The minimum Gasteiger partial charge on any atom is -0.340 e. The summed E-state index contributed by atoms with van der Waals surface area (Å²) in [5, 5.41) is 8.47. The van der Waals surface area contributed by atoms with Crippen LogP contribution in [-0.2, 0) is 16.6 Å². The summed E-state index contributed by atoms with van der Waals surface area (Å²) in [6.07, 6.45) is 0. The largest absolute Gasteiger partial charge is 0.340 e. The number of nitrogens with zero attached hydrogens (tertiary/aromatic N) is 4. The molecule has 1 heterocycles. The molecule has 4 aromatic carbocycles. The lowest BCUT2D eigenvalue weighted by Crippen LogP contribution is -2.31. The quantitative estimate of drug-likeness (QED) is 0.282. The van der Waals surface area contributed by atoms with Crippen molar-refractivity contribution in [1.29, 1.82) is 0 Å². The maximum Gasteiger partial charge on any atom is 0.264 e. The number of aromatic nitrogens is 2. The van der Waals surface area contributed by atoms with E-state index in [9.17, 15) is 8.42 Å². The second-order valence-electron chi connectivity index (χ2n) is 7.58. The summed E-state index contributed by atoms with van der Waals surface area (Å²) in [6.45, 7) is 0.0524. The van der Waals surface area contributed by atoms with Crippen LogP contribution in [0.1, 0.15) is 5.82 Å². The zero-order chi connectivity index (χ0) is 23.4. The highest BCUT2D eigenvalue weighted by Crippen LogP contribution is 2.28. The smallest absolute Gasteiger partial charge is 0.264 e. The summed E-state index contributed by atoms with van der Waals surface area (Å²) < 4.78 is 28.5. The Hall–Kier alpha value is -4.30. The zero-order valence-electron chi connectivity index (χ0n) is 18.1. The van der Waals surface area contributed by atoms with Gasteiger partial charge in [-0.2, -0.15) is 10.2 Å².